The molecule has 1 fully saturated rings. The zero-order chi connectivity index (χ0) is 21.7. The topological polar surface area (TPSA) is 92.4 Å². The first-order valence-electron chi connectivity index (χ1n) is 10.1. The Kier molecular flexibility index (Phi) is 4.58. The van der Waals surface area contributed by atoms with Gasteiger partial charge in [-0.1, -0.05) is 0 Å². The van der Waals surface area contributed by atoms with Gasteiger partial charge in [0.2, 0.25) is 0 Å². The van der Waals surface area contributed by atoms with Crippen molar-refractivity contribution in [2.75, 3.05) is 30.4 Å². The van der Waals surface area contributed by atoms with Crippen molar-refractivity contribution in [3.05, 3.63) is 48.1 Å². The molecule has 0 spiro atoms. The van der Waals surface area contributed by atoms with E-state index in [1.54, 1.807) is 34.6 Å². The monoisotopic (exact) mass is 422 g/mol. The summed E-state index contributed by atoms with van der Waals surface area (Å²) in [5, 5.41) is 11.4. The molecular weight excluding hydrogens is 399 g/mol. The van der Waals surface area contributed by atoms with E-state index >= 15 is 0 Å². The standard InChI is InChI=1S/C21H23FN8O/c1-12-8-30-10-14(6-16(22)20(30)25-12)26-21(31)19-18-15(11-28(3)27-18)17(7-24-19)29-5-4-13(9-29)23-2/h6-8,10-11,13,23H,4-5,9H2,1-3H3,(H,26,31). The lowest BCUT2D eigenvalue weighted by atomic mass is 10.2. The fourth-order valence-corrected chi connectivity index (χ4v) is 4.18. The molecule has 31 heavy (non-hydrogen) atoms. The molecule has 4 aromatic heterocycles. The molecule has 160 valence electrons. The number of halogens is 1. The van der Waals surface area contributed by atoms with Crippen LogP contribution >= 0.6 is 0 Å². The van der Waals surface area contributed by atoms with Gasteiger partial charge in [-0.05, 0) is 20.4 Å². The number of hydrogen-bond donors (Lipinski definition) is 2. The van der Waals surface area contributed by atoms with Crippen molar-refractivity contribution >= 4 is 33.8 Å². The number of nitrogens with zero attached hydrogens (tertiary/aromatic N) is 6. The second-order valence-electron chi connectivity index (χ2n) is 7.92. The predicted molar refractivity (Wildman–Crippen MR) is 116 cm³/mol. The summed E-state index contributed by atoms with van der Waals surface area (Å²) in [6.07, 6.45) is 7.99. The SMILES string of the molecule is CNC1CCN(c2cnc(C(=O)Nc3cc(F)c4nc(C)cn4c3)c3nn(C)cc23)C1. The van der Waals surface area contributed by atoms with Gasteiger partial charge in [-0.3, -0.25) is 9.48 Å². The van der Waals surface area contributed by atoms with E-state index in [4.69, 9.17) is 0 Å². The van der Waals surface area contributed by atoms with E-state index < -0.39 is 11.7 Å². The molecule has 1 atom stereocenters. The number of hydrogen-bond acceptors (Lipinski definition) is 6. The molecule has 4 aromatic rings. The number of rotatable bonds is 4. The molecule has 0 saturated carbocycles. The third kappa shape index (κ3) is 3.38. The molecular formula is C21H23FN8O. The van der Waals surface area contributed by atoms with Gasteiger partial charge in [-0.2, -0.15) is 5.10 Å². The Morgan fingerprint density at radius 1 is 1.29 bits per heavy atom. The normalized spacial score (nSPS) is 16.5. The lowest BCUT2D eigenvalue weighted by Crippen LogP contribution is -2.29. The maximum atomic E-state index is 14.4. The quantitative estimate of drug-likeness (QED) is 0.523. The highest BCUT2D eigenvalue weighted by molar-refractivity contribution is 6.12. The largest absolute Gasteiger partial charge is 0.368 e. The van der Waals surface area contributed by atoms with Crippen molar-refractivity contribution in [3.63, 3.8) is 0 Å². The molecule has 1 aliphatic heterocycles. The molecule has 10 heteroatoms. The summed E-state index contributed by atoms with van der Waals surface area (Å²) in [4.78, 5) is 23.9. The minimum Gasteiger partial charge on any atom is -0.368 e. The number of nitrogens with one attached hydrogen (secondary N) is 2. The second kappa shape index (κ2) is 7.31. The Morgan fingerprint density at radius 3 is 2.90 bits per heavy atom. The fourth-order valence-electron chi connectivity index (χ4n) is 4.18. The lowest BCUT2D eigenvalue weighted by molar-refractivity contribution is 0.102. The van der Waals surface area contributed by atoms with Gasteiger partial charge < -0.3 is 19.9 Å². The van der Waals surface area contributed by atoms with E-state index in [0.29, 0.717) is 22.9 Å². The zero-order valence-corrected chi connectivity index (χ0v) is 17.6. The van der Waals surface area contributed by atoms with Crippen LogP contribution in [0.5, 0.6) is 0 Å². The molecule has 0 aromatic carbocycles. The number of fused-ring (bicyclic) bond motifs is 2. The van der Waals surface area contributed by atoms with Crippen molar-refractivity contribution in [1.29, 1.82) is 0 Å². The van der Waals surface area contributed by atoms with Gasteiger partial charge in [0.25, 0.3) is 5.91 Å². The van der Waals surface area contributed by atoms with Crippen molar-refractivity contribution in [2.24, 2.45) is 7.05 Å². The van der Waals surface area contributed by atoms with Crippen LogP contribution in [0.2, 0.25) is 0 Å². The first-order valence-corrected chi connectivity index (χ1v) is 10.1. The average molecular weight is 422 g/mol. The number of imidazole rings is 1. The third-order valence-corrected chi connectivity index (χ3v) is 5.68. The van der Waals surface area contributed by atoms with E-state index in [1.807, 2.05) is 20.3 Å². The minimum absolute atomic E-state index is 0.200. The molecule has 1 saturated heterocycles. The molecule has 0 aliphatic carbocycles. The van der Waals surface area contributed by atoms with E-state index in [2.05, 4.69) is 30.6 Å². The van der Waals surface area contributed by atoms with Crippen molar-refractivity contribution in [3.8, 4) is 0 Å². The Morgan fingerprint density at radius 2 is 2.13 bits per heavy atom. The van der Waals surface area contributed by atoms with Crippen LogP contribution in [0.4, 0.5) is 15.8 Å². The van der Waals surface area contributed by atoms with E-state index in [0.717, 1.165) is 30.6 Å². The predicted octanol–water partition coefficient (Wildman–Crippen LogP) is 2.11. The summed E-state index contributed by atoms with van der Waals surface area (Å²) in [6, 6.07) is 1.68. The number of aryl methyl sites for hydroxylation is 2. The average Bonchev–Trinajstić information content (AvgIpc) is 3.44. The number of aromatic nitrogens is 5. The van der Waals surface area contributed by atoms with Crippen LogP contribution in [0.15, 0.2) is 30.9 Å². The van der Waals surface area contributed by atoms with Gasteiger partial charge in [-0.25, -0.2) is 14.4 Å². The smallest absolute Gasteiger partial charge is 0.276 e. The molecule has 5 rings (SSSR count). The van der Waals surface area contributed by atoms with Crippen molar-refractivity contribution in [1.82, 2.24) is 29.5 Å². The van der Waals surface area contributed by atoms with Crippen LogP contribution in [-0.2, 0) is 7.05 Å². The highest BCUT2D eigenvalue weighted by Gasteiger charge is 2.26. The Labute approximate surface area is 177 Å². The molecule has 2 N–H and O–H groups in total. The summed E-state index contributed by atoms with van der Waals surface area (Å²) in [7, 11) is 3.78. The fraction of sp³-hybridized carbons (Fsp3) is 0.333. The molecule has 1 amide bonds. The zero-order valence-electron chi connectivity index (χ0n) is 17.6. The second-order valence-corrected chi connectivity index (χ2v) is 7.92. The highest BCUT2D eigenvalue weighted by atomic mass is 19.1. The van der Waals surface area contributed by atoms with E-state index in [9.17, 15) is 9.18 Å². The molecule has 9 nitrogen and oxygen atoms in total. The number of likely N-dealkylation sites (N-methyl/N-ethyl adjacent to an activating group) is 1. The Bertz CT molecular complexity index is 1310. The van der Waals surface area contributed by atoms with Gasteiger partial charge in [0.15, 0.2) is 17.2 Å². The summed E-state index contributed by atoms with van der Waals surface area (Å²) in [5.74, 6) is -0.953. The van der Waals surface area contributed by atoms with E-state index in [1.165, 1.54) is 6.07 Å². The van der Waals surface area contributed by atoms with Crippen molar-refractivity contribution in [2.45, 2.75) is 19.4 Å². The number of pyridine rings is 2. The molecule has 0 radical (unpaired) electrons. The molecule has 1 unspecified atom stereocenters. The van der Waals surface area contributed by atoms with Gasteiger partial charge in [-0.15, -0.1) is 0 Å². The van der Waals surface area contributed by atoms with E-state index in [-0.39, 0.29) is 11.3 Å². The van der Waals surface area contributed by atoms with Crippen LogP contribution in [0.3, 0.4) is 0 Å². The Hall–Kier alpha value is -3.53. The number of anilines is 2. The lowest BCUT2D eigenvalue weighted by Gasteiger charge is -2.19. The van der Waals surface area contributed by atoms with Crippen LogP contribution in [-0.4, -0.2) is 56.2 Å². The molecule has 1 aliphatic rings. The summed E-state index contributed by atoms with van der Waals surface area (Å²) < 4.78 is 17.6. The first kappa shape index (κ1) is 19.4. The summed E-state index contributed by atoms with van der Waals surface area (Å²) >= 11 is 0. The van der Waals surface area contributed by atoms with Gasteiger partial charge in [0.05, 0.1) is 23.3 Å². The van der Waals surface area contributed by atoms with Crippen LogP contribution < -0.4 is 15.5 Å². The summed E-state index contributed by atoms with van der Waals surface area (Å²) in [5.41, 5.74) is 2.90. The third-order valence-electron chi connectivity index (χ3n) is 5.68. The molecule has 0 bridgehead atoms. The maximum absolute atomic E-state index is 14.4. The molecule has 5 heterocycles. The van der Waals surface area contributed by atoms with Crippen LogP contribution in [0.1, 0.15) is 22.6 Å². The minimum atomic E-state index is -0.509. The van der Waals surface area contributed by atoms with Gasteiger partial charge >= 0.3 is 0 Å². The van der Waals surface area contributed by atoms with Crippen LogP contribution in [0, 0.1) is 12.7 Å². The maximum Gasteiger partial charge on any atom is 0.276 e. The van der Waals surface area contributed by atoms with Crippen LogP contribution in [0.25, 0.3) is 16.6 Å². The number of carbonyl (C=O) groups excluding carboxylic acids is 1. The van der Waals surface area contributed by atoms with Crippen molar-refractivity contribution < 1.29 is 9.18 Å². The highest BCUT2D eigenvalue weighted by Crippen LogP contribution is 2.30. The number of carbonyl (C=O) groups is 1. The first-order chi connectivity index (χ1) is 14.9. The Balaban J connectivity index is 1.49. The van der Waals surface area contributed by atoms with Gasteiger partial charge in [0, 0.05) is 56.2 Å². The number of amides is 1. The summed E-state index contributed by atoms with van der Waals surface area (Å²) in [6.45, 7) is 3.57. The van der Waals surface area contributed by atoms with Gasteiger partial charge in [0.1, 0.15) is 5.52 Å².